The topological polar surface area (TPSA) is 15.3 Å². The molecule has 1 aliphatic heterocycles. The van der Waals surface area contributed by atoms with Gasteiger partial charge in [-0.2, -0.15) is 0 Å². The normalized spacial score (nSPS) is 24.8. The molecule has 1 aromatic rings. The second kappa shape index (κ2) is 7.61. The molecule has 3 heteroatoms. The van der Waals surface area contributed by atoms with Gasteiger partial charge in [-0.25, -0.2) is 0 Å². The lowest BCUT2D eigenvalue weighted by molar-refractivity contribution is 0.606. The van der Waals surface area contributed by atoms with Gasteiger partial charge in [0.1, 0.15) is 6.17 Å². The van der Waals surface area contributed by atoms with Crippen LogP contribution in [0, 0.1) is 0 Å². The van der Waals surface area contributed by atoms with Crippen molar-refractivity contribution in [1.82, 2.24) is 5.32 Å². The smallest absolute Gasteiger partial charge is 0.102 e. The van der Waals surface area contributed by atoms with Crippen molar-refractivity contribution in [2.45, 2.75) is 69.8 Å². The Morgan fingerprint density at radius 3 is 2.38 bits per heavy atom. The Balaban J connectivity index is 2.02. The molecule has 1 fully saturated rings. The van der Waals surface area contributed by atoms with Gasteiger partial charge in [0.2, 0.25) is 0 Å². The van der Waals surface area contributed by atoms with Crippen molar-refractivity contribution in [2.24, 2.45) is 0 Å². The van der Waals surface area contributed by atoms with Gasteiger partial charge in [0.25, 0.3) is 0 Å². The number of allylic oxidation sites excluding steroid dienone is 1. The number of rotatable bonds is 4. The van der Waals surface area contributed by atoms with Crippen LogP contribution >= 0.6 is 15.9 Å². The second-order valence-electron chi connectivity index (χ2n) is 7.80. The Morgan fingerprint density at radius 1 is 1.12 bits per heavy atom. The van der Waals surface area contributed by atoms with E-state index in [1.165, 1.54) is 29.7 Å². The number of alkyl halides is 1. The molecule has 2 nitrogen and oxygen atoms in total. The van der Waals surface area contributed by atoms with Crippen LogP contribution in [0.25, 0.3) is 0 Å². The Bertz CT molecular complexity index is 580. The molecule has 0 spiro atoms. The third-order valence-electron chi connectivity index (χ3n) is 5.33. The summed E-state index contributed by atoms with van der Waals surface area (Å²) in [5.74, 6) is 1.09. The van der Waals surface area contributed by atoms with Crippen LogP contribution in [-0.4, -0.2) is 24.1 Å². The Kier molecular flexibility index (Phi) is 5.71. The fourth-order valence-corrected chi connectivity index (χ4v) is 4.73. The highest BCUT2D eigenvalue weighted by Crippen LogP contribution is 2.39. The second-order valence-corrected chi connectivity index (χ2v) is 9.10. The first-order valence-electron chi connectivity index (χ1n) is 9.44. The van der Waals surface area contributed by atoms with E-state index in [4.69, 9.17) is 0 Å². The Labute approximate surface area is 155 Å². The highest BCUT2D eigenvalue weighted by molar-refractivity contribution is 9.09. The van der Waals surface area contributed by atoms with Crippen molar-refractivity contribution < 1.29 is 0 Å². The molecule has 0 saturated carbocycles. The maximum atomic E-state index is 3.84. The molecule has 0 bridgehead atoms. The number of halogens is 1. The third-order valence-corrected chi connectivity index (χ3v) is 6.11. The summed E-state index contributed by atoms with van der Waals surface area (Å²) in [6, 6.07) is 6.88. The summed E-state index contributed by atoms with van der Waals surface area (Å²) in [6.45, 7) is 11.4. The van der Waals surface area contributed by atoms with E-state index in [0.29, 0.717) is 22.8 Å². The number of hydrogen-bond donors (Lipinski definition) is 1. The molecule has 1 saturated heterocycles. The minimum atomic E-state index is 0.364. The standard InChI is InChI=1S/C21H31BrN2/c1-14(2)18-9-6-10-19(15(3)4)20(18)24-12-11-23-21(24)16-7-5-8-17(22)13-16/h6-7,9-10,14-15,17,21,23H,5,8,11-13H2,1-4H3. The van der Waals surface area contributed by atoms with E-state index in [9.17, 15) is 0 Å². The van der Waals surface area contributed by atoms with Gasteiger partial charge in [-0.1, -0.05) is 67.9 Å². The molecule has 1 aliphatic carbocycles. The molecule has 0 aromatic heterocycles. The van der Waals surface area contributed by atoms with E-state index in [1.54, 1.807) is 5.57 Å². The molecule has 0 radical (unpaired) electrons. The highest BCUT2D eigenvalue weighted by Gasteiger charge is 2.32. The Hall–Kier alpha value is -0.800. The molecule has 3 rings (SSSR count). The minimum absolute atomic E-state index is 0.364. The largest absolute Gasteiger partial charge is 0.351 e. The number of para-hydroxylation sites is 1. The molecule has 2 unspecified atom stereocenters. The van der Waals surface area contributed by atoms with Crippen molar-refractivity contribution in [3.8, 4) is 0 Å². The van der Waals surface area contributed by atoms with Gasteiger partial charge in [-0.15, -0.1) is 0 Å². The van der Waals surface area contributed by atoms with Gasteiger partial charge in [0.05, 0.1) is 0 Å². The summed E-state index contributed by atoms with van der Waals surface area (Å²) in [5.41, 5.74) is 6.02. The quantitative estimate of drug-likeness (QED) is 0.535. The number of benzene rings is 1. The van der Waals surface area contributed by atoms with Crippen LogP contribution in [0.3, 0.4) is 0 Å². The average molecular weight is 391 g/mol. The average Bonchev–Trinajstić information content (AvgIpc) is 3.03. The highest BCUT2D eigenvalue weighted by atomic mass is 79.9. The van der Waals surface area contributed by atoms with Crippen LogP contribution in [0.2, 0.25) is 0 Å². The molecule has 1 N–H and O–H groups in total. The van der Waals surface area contributed by atoms with E-state index >= 15 is 0 Å². The lowest BCUT2D eigenvalue weighted by Gasteiger charge is -2.35. The molecule has 0 amide bonds. The lowest BCUT2D eigenvalue weighted by atomic mass is 9.90. The molecular weight excluding hydrogens is 360 g/mol. The van der Waals surface area contributed by atoms with Crippen LogP contribution < -0.4 is 10.2 Å². The molecular formula is C21H31BrN2. The summed E-state index contributed by atoms with van der Waals surface area (Å²) in [4.78, 5) is 3.27. The number of anilines is 1. The third kappa shape index (κ3) is 3.57. The van der Waals surface area contributed by atoms with Crippen LogP contribution in [0.1, 0.15) is 69.9 Å². The molecule has 1 heterocycles. The van der Waals surface area contributed by atoms with Gasteiger partial charge in [-0.3, -0.25) is 5.32 Å². The Morgan fingerprint density at radius 2 is 1.79 bits per heavy atom. The molecule has 132 valence electrons. The summed E-state index contributed by atoms with van der Waals surface area (Å²) >= 11 is 3.84. The monoisotopic (exact) mass is 390 g/mol. The predicted molar refractivity (Wildman–Crippen MR) is 108 cm³/mol. The van der Waals surface area contributed by atoms with Crippen LogP contribution in [0.15, 0.2) is 29.8 Å². The fraction of sp³-hybridized carbons (Fsp3) is 0.619. The zero-order valence-corrected chi connectivity index (χ0v) is 17.1. The maximum absolute atomic E-state index is 3.84. The molecule has 1 aromatic carbocycles. The van der Waals surface area contributed by atoms with E-state index in [0.717, 1.165) is 19.5 Å². The van der Waals surface area contributed by atoms with Crippen LogP contribution in [-0.2, 0) is 0 Å². The van der Waals surface area contributed by atoms with Crippen molar-refractivity contribution in [2.75, 3.05) is 18.0 Å². The van der Waals surface area contributed by atoms with E-state index < -0.39 is 0 Å². The van der Waals surface area contributed by atoms with Crippen molar-refractivity contribution >= 4 is 21.6 Å². The van der Waals surface area contributed by atoms with Crippen molar-refractivity contribution in [3.05, 3.63) is 41.0 Å². The first-order chi connectivity index (χ1) is 11.5. The molecule has 2 atom stereocenters. The number of nitrogens with one attached hydrogen (secondary N) is 1. The minimum Gasteiger partial charge on any atom is -0.351 e. The zero-order valence-electron chi connectivity index (χ0n) is 15.5. The van der Waals surface area contributed by atoms with Gasteiger partial charge >= 0.3 is 0 Å². The fourth-order valence-electron chi connectivity index (χ4n) is 4.09. The zero-order chi connectivity index (χ0) is 17.3. The summed E-state index contributed by atoms with van der Waals surface area (Å²) in [7, 11) is 0. The first-order valence-corrected chi connectivity index (χ1v) is 10.4. The van der Waals surface area contributed by atoms with Crippen molar-refractivity contribution in [3.63, 3.8) is 0 Å². The van der Waals surface area contributed by atoms with Gasteiger partial charge in [-0.05, 0) is 47.8 Å². The summed E-state index contributed by atoms with van der Waals surface area (Å²) in [5, 5.41) is 3.76. The van der Waals surface area contributed by atoms with E-state index in [2.05, 4.69) is 78.1 Å². The SMILES string of the molecule is CC(C)c1cccc(C(C)C)c1N1CCNC1C1=CCCC(Br)C1. The van der Waals surface area contributed by atoms with Crippen molar-refractivity contribution in [1.29, 1.82) is 0 Å². The van der Waals surface area contributed by atoms with Crippen LogP contribution in [0.4, 0.5) is 5.69 Å². The van der Waals surface area contributed by atoms with Crippen LogP contribution in [0.5, 0.6) is 0 Å². The number of hydrogen-bond acceptors (Lipinski definition) is 2. The number of nitrogens with zero attached hydrogens (tertiary/aromatic N) is 1. The van der Waals surface area contributed by atoms with E-state index in [-0.39, 0.29) is 0 Å². The molecule has 2 aliphatic rings. The summed E-state index contributed by atoms with van der Waals surface area (Å²) in [6.07, 6.45) is 6.45. The maximum Gasteiger partial charge on any atom is 0.102 e. The summed E-state index contributed by atoms with van der Waals surface area (Å²) < 4.78 is 0. The lowest BCUT2D eigenvalue weighted by Crippen LogP contribution is -2.40. The first kappa shape index (κ1) is 18.0. The molecule has 24 heavy (non-hydrogen) atoms. The van der Waals surface area contributed by atoms with E-state index in [1.807, 2.05) is 0 Å². The van der Waals surface area contributed by atoms with Gasteiger partial charge < -0.3 is 4.90 Å². The van der Waals surface area contributed by atoms with Gasteiger partial charge in [0, 0.05) is 23.6 Å². The predicted octanol–water partition coefficient (Wildman–Crippen LogP) is 5.54. The van der Waals surface area contributed by atoms with Gasteiger partial charge in [0.15, 0.2) is 0 Å².